The van der Waals surface area contributed by atoms with Gasteiger partial charge >= 0.3 is 0 Å². The predicted octanol–water partition coefficient (Wildman–Crippen LogP) is 13.6. The molecule has 0 N–H and O–H groups in total. The van der Waals surface area contributed by atoms with Crippen molar-refractivity contribution in [2.75, 3.05) is 0 Å². The van der Waals surface area contributed by atoms with E-state index in [-0.39, 0.29) is 11.7 Å². The Bertz CT molecular complexity index is 2970. The topological polar surface area (TPSA) is 17.1 Å². The van der Waals surface area contributed by atoms with Crippen molar-refractivity contribution >= 4 is 43.7 Å². The summed E-state index contributed by atoms with van der Waals surface area (Å²) in [5.74, 6) is -0.588. The van der Waals surface area contributed by atoms with Crippen molar-refractivity contribution in [1.29, 1.82) is 0 Å². The van der Waals surface area contributed by atoms with Crippen molar-refractivity contribution in [3.8, 4) is 33.4 Å². The second-order valence-electron chi connectivity index (χ2n) is 14.9. The molecule has 0 fully saturated rings. The minimum absolute atomic E-state index is 0.132. The molecule has 4 aliphatic carbocycles. The SMILES string of the molecule is C=C1C(=O)C2c3ccccc3C1c1c2c(-c2ccc3ccccc3c2-c2ccccc2)c2ccccc2c1-c1ccc2ccccc2c1C1=CCCC=C1. The molecule has 2 unspecified atom stereocenters. The third-order valence-electron chi connectivity index (χ3n) is 12.2. The molecule has 0 saturated heterocycles. The number of hydrogen-bond donors (Lipinski definition) is 0. The average molecular weight is 689 g/mol. The molecule has 0 aliphatic heterocycles. The molecular formula is C53H36O. The van der Waals surface area contributed by atoms with Gasteiger partial charge in [-0.15, -0.1) is 0 Å². The molecule has 254 valence electrons. The van der Waals surface area contributed by atoms with Crippen LogP contribution in [-0.4, -0.2) is 5.78 Å². The monoisotopic (exact) mass is 688 g/mol. The number of allylic oxidation sites excluding steroid dienone is 5. The first kappa shape index (κ1) is 31.0. The summed E-state index contributed by atoms with van der Waals surface area (Å²) in [6, 6.07) is 54.9. The molecule has 54 heavy (non-hydrogen) atoms. The smallest absolute Gasteiger partial charge is 0.171 e. The molecule has 8 aromatic rings. The van der Waals surface area contributed by atoms with E-state index >= 15 is 0 Å². The fraction of sp³-hybridized carbons (Fsp3) is 0.0755. The van der Waals surface area contributed by atoms with E-state index in [1.165, 1.54) is 65.9 Å². The normalized spacial score (nSPS) is 17.2. The summed E-state index contributed by atoms with van der Waals surface area (Å²) >= 11 is 0. The molecule has 2 atom stereocenters. The first-order valence-electron chi connectivity index (χ1n) is 19.1. The van der Waals surface area contributed by atoms with Gasteiger partial charge < -0.3 is 0 Å². The fourth-order valence-corrected chi connectivity index (χ4v) is 9.95. The summed E-state index contributed by atoms with van der Waals surface area (Å²) < 4.78 is 0. The largest absolute Gasteiger partial charge is 0.293 e. The maximum atomic E-state index is 14.8. The van der Waals surface area contributed by atoms with Crippen LogP contribution in [0.1, 0.15) is 52.5 Å². The van der Waals surface area contributed by atoms with Gasteiger partial charge in [-0.25, -0.2) is 0 Å². The molecule has 2 bridgehead atoms. The first-order valence-corrected chi connectivity index (χ1v) is 19.1. The zero-order valence-electron chi connectivity index (χ0n) is 29.9. The number of hydrogen-bond acceptors (Lipinski definition) is 1. The molecule has 0 amide bonds. The van der Waals surface area contributed by atoms with Crippen LogP contribution >= 0.6 is 0 Å². The summed E-state index contributed by atoms with van der Waals surface area (Å²) in [5, 5.41) is 7.22. The number of ketones is 1. The minimum Gasteiger partial charge on any atom is -0.293 e. The molecule has 0 heterocycles. The molecule has 0 saturated carbocycles. The van der Waals surface area contributed by atoms with Crippen molar-refractivity contribution in [2.45, 2.75) is 24.7 Å². The lowest BCUT2D eigenvalue weighted by atomic mass is 9.57. The minimum atomic E-state index is -0.458. The number of carbonyl (C=O) groups is 1. The van der Waals surface area contributed by atoms with Gasteiger partial charge in [-0.1, -0.05) is 176 Å². The average Bonchev–Trinajstić information content (AvgIpc) is 3.24. The van der Waals surface area contributed by atoms with Crippen LogP contribution in [0.3, 0.4) is 0 Å². The van der Waals surface area contributed by atoms with Crippen molar-refractivity contribution < 1.29 is 4.79 Å². The van der Waals surface area contributed by atoms with Gasteiger partial charge in [0.15, 0.2) is 5.78 Å². The van der Waals surface area contributed by atoms with E-state index in [9.17, 15) is 4.79 Å². The summed E-state index contributed by atoms with van der Waals surface area (Å²) in [6.45, 7) is 4.59. The Balaban J connectivity index is 1.36. The highest BCUT2D eigenvalue weighted by Crippen LogP contribution is 2.61. The van der Waals surface area contributed by atoms with E-state index in [1.54, 1.807) is 0 Å². The highest BCUT2D eigenvalue weighted by atomic mass is 16.1. The molecule has 12 rings (SSSR count). The Hall–Kier alpha value is -6.57. The molecule has 1 heteroatoms. The number of fused-ring (bicyclic) bond motifs is 4. The van der Waals surface area contributed by atoms with Gasteiger partial charge in [-0.2, -0.15) is 0 Å². The number of benzene rings is 8. The molecule has 0 spiro atoms. The van der Waals surface area contributed by atoms with Crippen LogP contribution in [0, 0.1) is 0 Å². The second kappa shape index (κ2) is 12.0. The number of rotatable bonds is 4. The Labute approximate surface area is 315 Å². The second-order valence-corrected chi connectivity index (χ2v) is 14.9. The van der Waals surface area contributed by atoms with E-state index in [0.717, 1.165) is 46.0 Å². The lowest BCUT2D eigenvalue weighted by Gasteiger charge is -2.44. The zero-order valence-corrected chi connectivity index (χ0v) is 29.9. The van der Waals surface area contributed by atoms with Crippen molar-refractivity contribution in [3.05, 3.63) is 210 Å². The van der Waals surface area contributed by atoms with Crippen molar-refractivity contribution in [1.82, 2.24) is 0 Å². The number of carbonyl (C=O) groups excluding carboxylic acids is 1. The van der Waals surface area contributed by atoms with Crippen LogP contribution < -0.4 is 0 Å². The van der Waals surface area contributed by atoms with E-state index in [4.69, 9.17) is 0 Å². The van der Waals surface area contributed by atoms with Crippen LogP contribution in [-0.2, 0) is 4.79 Å². The lowest BCUT2D eigenvalue weighted by Crippen LogP contribution is -2.35. The summed E-state index contributed by atoms with van der Waals surface area (Å²) in [4.78, 5) is 14.8. The Morgan fingerprint density at radius 2 is 0.981 bits per heavy atom. The molecular weight excluding hydrogens is 653 g/mol. The summed E-state index contributed by atoms with van der Waals surface area (Å²) in [6.07, 6.45) is 9.08. The summed E-state index contributed by atoms with van der Waals surface area (Å²) in [7, 11) is 0. The standard InChI is InChI=1S/C53H36O/c1-32-45-39-24-12-15-27-42(39)50(53(32)54)52-49(44-31-29-34-17-9-11-23-38(34)47(44)36-20-6-3-7-21-36)41-26-14-13-25-40(41)48(51(45)52)43-30-28-33-16-8-10-22-37(33)46(43)35-18-4-2-5-19-35/h3-4,6-31,45,50H,1-2,5H2. The van der Waals surface area contributed by atoms with Crippen LogP contribution in [0.4, 0.5) is 0 Å². The third kappa shape index (κ3) is 4.36. The van der Waals surface area contributed by atoms with Gasteiger partial charge in [-0.3, -0.25) is 4.79 Å². The summed E-state index contributed by atoms with van der Waals surface area (Å²) in [5.41, 5.74) is 14.9. The molecule has 0 aromatic heterocycles. The number of Topliss-reactive ketones (excluding diaryl/α,β-unsaturated/α-hetero) is 1. The Kier molecular flexibility index (Phi) is 6.88. The third-order valence-corrected chi connectivity index (χ3v) is 12.2. The Morgan fingerprint density at radius 3 is 1.61 bits per heavy atom. The van der Waals surface area contributed by atoms with E-state index in [0.29, 0.717) is 5.57 Å². The maximum absolute atomic E-state index is 14.8. The molecule has 1 nitrogen and oxygen atoms in total. The van der Waals surface area contributed by atoms with E-state index in [2.05, 4.69) is 176 Å². The molecule has 0 radical (unpaired) electrons. The van der Waals surface area contributed by atoms with Gasteiger partial charge in [0.2, 0.25) is 0 Å². The lowest BCUT2D eigenvalue weighted by molar-refractivity contribution is -0.117. The predicted molar refractivity (Wildman–Crippen MR) is 226 cm³/mol. The Morgan fingerprint density at radius 1 is 0.463 bits per heavy atom. The van der Waals surface area contributed by atoms with Crippen LogP contribution in [0.15, 0.2) is 182 Å². The van der Waals surface area contributed by atoms with Gasteiger partial charge in [-0.05, 0) is 112 Å². The van der Waals surface area contributed by atoms with Crippen LogP contribution in [0.5, 0.6) is 0 Å². The van der Waals surface area contributed by atoms with Crippen LogP contribution in [0.2, 0.25) is 0 Å². The highest BCUT2D eigenvalue weighted by molar-refractivity contribution is 6.20. The van der Waals surface area contributed by atoms with Gasteiger partial charge in [0.25, 0.3) is 0 Å². The van der Waals surface area contributed by atoms with Crippen LogP contribution in [0.25, 0.3) is 71.3 Å². The molecule has 4 aliphatic rings. The fourth-order valence-electron chi connectivity index (χ4n) is 9.95. The highest BCUT2D eigenvalue weighted by Gasteiger charge is 2.48. The maximum Gasteiger partial charge on any atom is 0.171 e. The van der Waals surface area contributed by atoms with E-state index < -0.39 is 5.92 Å². The molecule has 8 aromatic carbocycles. The van der Waals surface area contributed by atoms with Gasteiger partial charge in [0.1, 0.15) is 0 Å². The van der Waals surface area contributed by atoms with Crippen molar-refractivity contribution in [3.63, 3.8) is 0 Å². The van der Waals surface area contributed by atoms with Gasteiger partial charge in [0, 0.05) is 11.5 Å². The van der Waals surface area contributed by atoms with E-state index in [1.807, 2.05) is 0 Å². The first-order chi connectivity index (χ1) is 26.7. The van der Waals surface area contributed by atoms with Gasteiger partial charge in [0.05, 0.1) is 5.92 Å². The zero-order chi connectivity index (χ0) is 35.9. The quantitative estimate of drug-likeness (QED) is 0.168. The van der Waals surface area contributed by atoms with Crippen molar-refractivity contribution in [2.24, 2.45) is 0 Å².